The minimum Gasteiger partial charge on any atom is -0.311 e. The Morgan fingerprint density at radius 1 is 0.343 bits per heavy atom. The zero-order valence-electron chi connectivity index (χ0n) is 39.5. The maximum Gasteiger partial charge on any atom is 0.180 e. The van der Waals surface area contributed by atoms with Crippen molar-refractivity contribution in [1.29, 1.82) is 0 Å². The maximum atomic E-state index is 2.51. The summed E-state index contributed by atoms with van der Waals surface area (Å²) in [7, 11) is -2.72. The zero-order chi connectivity index (χ0) is 46.2. The van der Waals surface area contributed by atoms with Crippen molar-refractivity contribution in [3.05, 3.63) is 248 Å². The third kappa shape index (κ3) is 6.64. The second-order valence-electron chi connectivity index (χ2n) is 21.0. The van der Waals surface area contributed by atoms with Crippen LogP contribution in [-0.4, -0.2) is 8.07 Å². The molecule has 4 fully saturated rings. The van der Waals surface area contributed by atoms with Gasteiger partial charge in [-0.3, -0.25) is 0 Å². The van der Waals surface area contributed by atoms with Crippen molar-refractivity contribution < 1.29 is 0 Å². The zero-order valence-corrected chi connectivity index (χ0v) is 40.5. The van der Waals surface area contributed by atoms with E-state index in [1.807, 2.05) is 0 Å². The number of fused-ring (bicyclic) bond motifs is 4. The number of hydrogen-bond acceptors (Lipinski definition) is 1. The van der Waals surface area contributed by atoms with E-state index >= 15 is 0 Å². The van der Waals surface area contributed by atoms with Crippen molar-refractivity contribution >= 4 is 56.7 Å². The van der Waals surface area contributed by atoms with Crippen molar-refractivity contribution in [2.75, 3.05) is 4.90 Å². The average molecular weight is 914 g/mol. The molecule has 4 aliphatic carbocycles. The van der Waals surface area contributed by atoms with Gasteiger partial charge in [0.25, 0.3) is 0 Å². The van der Waals surface area contributed by atoms with Crippen LogP contribution in [0.2, 0.25) is 0 Å². The largest absolute Gasteiger partial charge is 0.311 e. The molecule has 70 heavy (non-hydrogen) atoms. The van der Waals surface area contributed by atoms with E-state index in [1.54, 1.807) is 5.56 Å². The SMILES string of the molecule is c1ccc(-c2cccc3cccc(-c4ccc(N(c5ccc(-c6ccc(C78CC9CC(CC(C9)C7)C8)cc6)cc5)c5cccc([Si]6(c7ccccc7)c7ccccc7-c7ccccc76)c5)cc4)c23)cc1. The Morgan fingerprint density at radius 3 is 1.36 bits per heavy atom. The molecule has 0 radical (unpaired) electrons. The molecule has 4 saturated carbocycles. The molecule has 1 nitrogen and oxygen atoms in total. The highest BCUT2D eigenvalue weighted by Gasteiger charge is 2.52. The molecule has 0 saturated heterocycles. The molecular weight excluding hydrogens is 859 g/mol. The van der Waals surface area contributed by atoms with Gasteiger partial charge in [-0.2, -0.15) is 0 Å². The van der Waals surface area contributed by atoms with Gasteiger partial charge in [-0.05, 0) is 180 Å². The number of anilines is 3. The summed E-state index contributed by atoms with van der Waals surface area (Å²) in [6, 6.07) is 91.9. The van der Waals surface area contributed by atoms with Crippen molar-refractivity contribution in [2.45, 2.75) is 43.9 Å². The van der Waals surface area contributed by atoms with Crippen LogP contribution in [0.15, 0.2) is 243 Å². The van der Waals surface area contributed by atoms with Crippen LogP contribution < -0.4 is 25.6 Å². The van der Waals surface area contributed by atoms with Crippen LogP contribution in [0.3, 0.4) is 0 Å². The number of hydrogen-bond donors (Lipinski definition) is 0. The van der Waals surface area contributed by atoms with E-state index < -0.39 is 8.07 Å². The molecule has 10 aromatic rings. The number of benzene rings is 10. The summed E-state index contributed by atoms with van der Waals surface area (Å²) < 4.78 is 0. The second kappa shape index (κ2) is 16.6. The van der Waals surface area contributed by atoms with Crippen LogP contribution in [0.5, 0.6) is 0 Å². The lowest BCUT2D eigenvalue weighted by Gasteiger charge is -2.57. The molecule has 10 aromatic carbocycles. The van der Waals surface area contributed by atoms with Gasteiger partial charge in [-0.1, -0.05) is 206 Å². The quantitative estimate of drug-likeness (QED) is 0.130. The molecular formula is C68H55NSi. The normalized spacial score (nSPS) is 20.3. The van der Waals surface area contributed by atoms with Crippen molar-refractivity contribution in [3.8, 4) is 44.5 Å². The van der Waals surface area contributed by atoms with Gasteiger partial charge < -0.3 is 4.90 Å². The van der Waals surface area contributed by atoms with Crippen molar-refractivity contribution in [2.24, 2.45) is 17.8 Å². The molecule has 336 valence electrons. The number of nitrogens with zero attached hydrogens (tertiary/aromatic N) is 1. The van der Waals surface area contributed by atoms with Crippen LogP contribution in [0.1, 0.15) is 44.1 Å². The smallest absolute Gasteiger partial charge is 0.180 e. The highest BCUT2D eigenvalue weighted by molar-refractivity contribution is 7.22. The lowest BCUT2D eigenvalue weighted by molar-refractivity contribution is -0.00518. The molecule has 0 spiro atoms. The summed E-state index contributed by atoms with van der Waals surface area (Å²) in [5, 5.41) is 8.23. The van der Waals surface area contributed by atoms with E-state index in [1.165, 1.54) is 115 Å². The minimum atomic E-state index is -2.72. The molecule has 5 aliphatic rings. The summed E-state index contributed by atoms with van der Waals surface area (Å²) >= 11 is 0. The molecule has 2 heteroatoms. The number of rotatable bonds is 9. The Bertz CT molecular complexity index is 3470. The van der Waals surface area contributed by atoms with E-state index in [-0.39, 0.29) is 0 Å². The van der Waals surface area contributed by atoms with Crippen LogP contribution in [0.4, 0.5) is 17.1 Å². The fourth-order valence-corrected chi connectivity index (χ4v) is 19.8. The molecule has 1 heterocycles. The standard InChI is InChI=1S/C68H55NSi/c1-3-14-52(15-4-1)61-24-11-16-54-17-12-25-62(67(54)61)53-32-38-57(39-33-53)69(56-36-30-51(31-37-56)50-28-34-55(35-29-50)68-44-47-40-48(45-68)42-49(41-47)46-68)58-18-13-21-60(43-58)70(59-19-5-2-6-20-59)65-26-9-7-22-63(65)64-23-8-10-27-66(64)70/h1-39,43,47-49H,40-42,44-46H2. The van der Waals surface area contributed by atoms with E-state index in [0.29, 0.717) is 5.41 Å². The fraction of sp³-hybridized carbons (Fsp3) is 0.147. The average Bonchev–Trinajstić information content (AvgIpc) is 3.72. The van der Waals surface area contributed by atoms with Gasteiger partial charge in [0.15, 0.2) is 8.07 Å². The van der Waals surface area contributed by atoms with E-state index in [2.05, 4.69) is 248 Å². The fourth-order valence-electron chi connectivity index (χ4n) is 14.6. The Balaban J connectivity index is 0.888. The highest BCUT2D eigenvalue weighted by Crippen LogP contribution is 2.61. The predicted octanol–water partition coefficient (Wildman–Crippen LogP) is 15.1. The maximum absolute atomic E-state index is 2.72. The van der Waals surface area contributed by atoms with E-state index in [0.717, 1.165) is 34.8 Å². The van der Waals surface area contributed by atoms with Crippen LogP contribution in [0, 0.1) is 17.8 Å². The molecule has 0 N–H and O–H groups in total. The van der Waals surface area contributed by atoms with Crippen LogP contribution in [-0.2, 0) is 5.41 Å². The van der Waals surface area contributed by atoms with Crippen molar-refractivity contribution in [1.82, 2.24) is 0 Å². The van der Waals surface area contributed by atoms with E-state index in [4.69, 9.17) is 0 Å². The predicted molar refractivity (Wildman–Crippen MR) is 297 cm³/mol. The summed E-state index contributed by atoms with van der Waals surface area (Å²) in [6.45, 7) is 0. The molecule has 15 rings (SSSR count). The molecule has 0 aromatic heterocycles. The minimum absolute atomic E-state index is 0.407. The summed E-state index contributed by atoms with van der Waals surface area (Å²) in [5.41, 5.74) is 15.6. The van der Waals surface area contributed by atoms with Gasteiger partial charge in [0.2, 0.25) is 0 Å². The first-order valence-electron chi connectivity index (χ1n) is 25.7. The van der Waals surface area contributed by atoms with Crippen LogP contribution >= 0.6 is 0 Å². The summed E-state index contributed by atoms with van der Waals surface area (Å²) in [4.78, 5) is 2.48. The molecule has 0 unspecified atom stereocenters. The molecule has 0 atom stereocenters. The topological polar surface area (TPSA) is 3.24 Å². The lowest BCUT2D eigenvalue weighted by Crippen LogP contribution is -2.72. The molecule has 4 bridgehead atoms. The van der Waals surface area contributed by atoms with E-state index in [9.17, 15) is 0 Å². The molecule has 1 aliphatic heterocycles. The lowest BCUT2D eigenvalue weighted by atomic mass is 9.48. The Labute approximate surface area is 413 Å². The molecule has 0 amide bonds. The van der Waals surface area contributed by atoms with Gasteiger partial charge in [-0.15, -0.1) is 0 Å². The van der Waals surface area contributed by atoms with Gasteiger partial charge in [-0.25, -0.2) is 0 Å². The summed E-state index contributed by atoms with van der Waals surface area (Å²) in [5.74, 6) is 2.83. The Kier molecular flexibility index (Phi) is 9.81. The van der Waals surface area contributed by atoms with Gasteiger partial charge >= 0.3 is 0 Å². The first kappa shape index (κ1) is 41.4. The highest BCUT2D eigenvalue weighted by atomic mass is 28.3. The summed E-state index contributed by atoms with van der Waals surface area (Å²) in [6.07, 6.45) is 8.63. The van der Waals surface area contributed by atoms with Gasteiger partial charge in [0, 0.05) is 17.1 Å². The third-order valence-corrected chi connectivity index (χ3v) is 22.0. The third-order valence-electron chi connectivity index (χ3n) is 17.1. The van der Waals surface area contributed by atoms with Crippen LogP contribution in [0.25, 0.3) is 55.3 Å². The first-order chi connectivity index (χ1) is 34.6. The van der Waals surface area contributed by atoms with Gasteiger partial charge in [0.05, 0.1) is 0 Å². The first-order valence-corrected chi connectivity index (χ1v) is 27.7. The Hall–Kier alpha value is -7.52. The second-order valence-corrected chi connectivity index (χ2v) is 24.8. The van der Waals surface area contributed by atoms with Gasteiger partial charge in [0.1, 0.15) is 0 Å². The monoisotopic (exact) mass is 913 g/mol. The van der Waals surface area contributed by atoms with Crippen molar-refractivity contribution in [3.63, 3.8) is 0 Å². The Morgan fingerprint density at radius 2 is 0.786 bits per heavy atom.